The zero-order valence-corrected chi connectivity index (χ0v) is 14.7. The maximum Gasteiger partial charge on any atom is 0.341 e. The number of imidazole rings is 1. The van der Waals surface area contributed by atoms with Crippen molar-refractivity contribution >= 4 is 17.6 Å². The van der Waals surface area contributed by atoms with Gasteiger partial charge in [0.1, 0.15) is 11.4 Å². The average Bonchev–Trinajstić information content (AvgIpc) is 3.11. The lowest BCUT2D eigenvalue weighted by Crippen LogP contribution is -2.12. The Labute approximate surface area is 155 Å². The molecule has 0 aliphatic heterocycles. The minimum Gasteiger partial charge on any atom is -0.462 e. The van der Waals surface area contributed by atoms with E-state index < -0.39 is 17.6 Å². The van der Waals surface area contributed by atoms with Crippen molar-refractivity contribution in [1.82, 2.24) is 9.55 Å². The van der Waals surface area contributed by atoms with Crippen LogP contribution in [0, 0.1) is 11.6 Å². The molecule has 4 nitrogen and oxygen atoms in total. The van der Waals surface area contributed by atoms with Gasteiger partial charge in [0.25, 0.3) is 0 Å². The molecule has 2 aromatic carbocycles. The van der Waals surface area contributed by atoms with E-state index in [0.29, 0.717) is 17.9 Å². The largest absolute Gasteiger partial charge is 0.462 e. The van der Waals surface area contributed by atoms with E-state index in [-0.39, 0.29) is 12.2 Å². The first-order valence-electron chi connectivity index (χ1n) is 8.47. The number of carbonyl (C=O) groups excluding carboxylic acids is 1. The van der Waals surface area contributed by atoms with Gasteiger partial charge in [0.2, 0.25) is 0 Å². The molecule has 0 amide bonds. The van der Waals surface area contributed by atoms with Crippen LogP contribution in [0.4, 0.5) is 8.78 Å². The molecular weight excluding hydrogens is 350 g/mol. The number of hydrogen-bond donors (Lipinski definition) is 0. The number of carbonyl (C=O) groups is 1. The summed E-state index contributed by atoms with van der Waals surface area (Å²) in [6, 6.07) is 13.1. The van der Waals surface area contributed by atoms with Crippen LogP contribution in [0.5, 0.6) is 0 Å². The highest BCUT2D eigenvalue weighted by Gasteiger charge is 2.19. The van der Waals surface area contributed by atoms with Crippen LogP contribution in [0.25, 0.3) is 11.6 Å². The molecule has 27 heavy (non-hydrogen) atoms. The van der Waals surface area contributed by atoms with Gasteiger partial charge in [-0.25, -0.2) is 18.6 Å². The molecule has 0 saturated carbocycles. The third-order valence-electron chi connectivity index (χ3n) is 3.90. The molecule has 3 aromatic rings. The van der Waals surface area contributed by atoms with Crippen molar-refractivity contribution in [1.29, 1.82) is 0 Å². The fraction of sp³-hybridized carbons (Fsp3) is 0.143. The van der Waals surface area contributed by atoms with Crippen molar-refractivity contribution in [3.05, 3.63) is 89.5 Å². The normalized spacial score (nSPS) is 11.4. The number of hydrogen-bond acceptors (Lipinski definition) is 3. The highest BCUT2D eigenvalue weighted by molar-refractivity contribution is 6.20. The highest BCUT2D eigenvalue weighted by Crippen LogP contribution is 2.21. The molecule has 0 unspecified atom stereocenters. The first-order chi connectivity index (χ1) is 13.1. The van der Waals surface area contributed by atoms with Crippen molar-refractivity contribution in [2.75, 3.05) is 6.61 Å². The molecule has 0 saturated heterocycles. The molecule has 1 aromatic heterocycles. The smallest absolute Gasteiger partial charge is 0.341 e. The lowest BCUT2D eigenvalue weighted by atomic mass is 10.1. The third-order valence-corrected chi connectivity index (χ3v) is 3.90. The van der Waals surface area contributed by atoms with Crippen LogP contribution in [0.1, 0.15) is 23.9 Å². The van der Waals surface area contributed by atoms with E-state index in [4.69, 9.17) is 4.74 Å². The second-order valence-electron chi connectivity index (χ2n) is 5.82. The number of ether oxygens (including phenoxy) is 1. The van der Waals surface area contributed by atoms with E-state index >= 15 is 0 Å². The Morgan fingerprint density at radius 2 is 1.93 bits per heavy atom. The summed E-state index contributed by atoms with van der Waals surface area (Å²) < 4.78 is 33.7. The first-order valence-corrected chi connectivity index (χ1v) is 8.47. The van der Waals surface area contributed by atoms with E-state index in [1.54, 1.807) is 23.9 Å². The zero-order valence-electron chi connectivity index (χ0n) is 14.7. The second kappa shape index (κ2) is 8.40. The highest BCUT2D eigenvalue weighted by atomic mass is 19.2. The van der Waals surface area contributed by atoms with E-state index in [2.05, 4.69) is 4.98 Å². The summed E-state index contributed by atoms with van der Waals surface area (Å²) in [6.07, 6.45) is 4.78. The van der Waals surface area contributed by atoms with Crippen molar-refractivity contribution in [2.24, 2.45) is 0 Å². The average molecular weight is 368 g/mol. The lowest BCUT2D eigenvalue weighted by molar-refractivity contribution is -0.136. The summed E-state index contributed by atoms with van der Waals surface area (Å²) in [4.78, 5) is 16.8. The third kappa shape index (κ3) is 4.47. The Hall–Kier alpha value is -3.28. The maximum absolute atomic E-state index is 13.5. The Morgan fingerprint density at radius 1 is 1.15 bits per heavy atom. The van der Waals surface area contributed by atoms with Gasteiger partial charge in [0, 0.05) is 18.9 Å². The molecule has 3 rings (SSSR count). The molecule has 0 fully saturated rings. The van der Waals surface area contributed by atoms with Crippen LogP contribution in [0.2, 0.25) is 0 Å². The minimum atomic E-state index is -0.986. The number of nitrogens with zero attached hydrogens (tertiary/aromatic N) is 2. The van der Waals surface area contributed by atoms with Crippen LogP contribution in [-0.2, 0) is 16.1 Å². The van der Waals surface area contributed by atoms with Gasteiger partial charge < -0.3 is 9.30 Å². The molecular formula is C21H18F2N2O2. The summed E-state index contributed by atoms with van der Waals surface area (Å²) in [6.45, 7) is 2.39. The van der Waals surface area contributed by atoms with E-state index in [0.717, 1.165) is 17.7 Å². The first kappa shape index (κ1) is 18.5. The van der Waals surface area contributed by atoms with Gasteiger partial charge in [0.05, 0.1) is 6.61 Å². The fourth-order valence-corrected chi connectivity index (χ4v) is 2.65. The maximum atomic E-state index is 13.5. The number of benzene rings is 2. The molecule has 6 heteroatoms. The van der Waals surface area contributed by atoms with Gasteiger partial charge >= 0.3 is 5.97 Å². The van der Waals surface area contributed by atoms with Crippen molar-refractivity contribution in [3.63, 3.8) is 0 Å². The van der Waals surface area contributed by atoms with Gasteiger partial charge in [0.15, 0.2) is 11.6 Å². The topological polar surface area (TPSA) is 44.1 Å². The second-order valence-corrected chi connectivity index (χ2v) is 5.82. The molecule has 0 atom stereocenters. The molecule has 1 heterocycles. The number of halogens is 2. The summed E-state index contributed by atoms with van der Waals surface area (Å²) >= 11 is 0. The molecule has 138 valence electrons. The summed E-state index contributed by atoms with van der Waals surface area (Å²) in [7, 11) is 0. The van der Waals surface area contributed by atoms with Crippen LogP contribution in [-0.4, -0.2) is 22.1 Å². The fourth-order valence-electron chi connectivity index (χ4n) is 2.65. The SMILES string of the molecule is CCOC(=O)/C(=C/c1ccc(F)c(F)c1)c1nccn1Cc1ccccc1. The number of aromatic nitrogens is 2. The number of esters is 1. The van der Waals surface area contributed by atoms with Crippen molar-refractivity contribution in [3.8, 4) is 0 Å². The molecule has 0 bridgehead atoms. The van der Waals surface area contributed by atoms with Crippen LogP contribution >= 0.6 is 0 Å². The van der Waals surface area contributed by atoms with Crippen molar-refractivity contribution < 1.29 is 18.3 Å². The van der Waals surface area contributed by atoms with E-state index in [1.807, 2.05) is 30.3 Å². The van der Waals surface area contributed by atoms with Crippen LogP contribution < -0.4 is 0 Å². The minimum absolute atomic E-state index is 0.170. The Bertz CT molecular complexity index is 965. The number of rotatable bonds is 6. The summed E-state index contributed by atoms with van der Waals surface area (Å²) in [5.74, 6) is -2.13. The molecule has 0 aliphatic rings. The Balaban J connectivity index is 2.02. The van der Waals surface area contributed by atoms with Crippen molar-refractivity contribution in [2.45, 2.75) is 13.5 Å². The Morgan fingerprint density at radius 3 is 2.63 bits per heavy atom. The molecule has 0 aliphatic carbocycles. The van der Waals surface area contributed by atoms with Gasteiger partial charge in [-0.2, -0.15) is 0 Å². The van der Waals surface area contributed by atoms with Gasteiger partial charge in [-0.15, -0.1) is 0 Å². The Kier molecular flexibility index (Phi) is 5.76. The van der Waals surface area contributed by atoms with Gasteiger partial charge in [-0.3, -0.25) is 0 Å². The summed E-state index contributed by atoms with van der Waals surface area (Å²) in [5, 5.41) is 0. The van der Waals surface area contributed by atoms with E-state index in [9.17, 15) is 13.6 Å². The zero-order chi connectivity index (χ0) is 19.2. The monoisotopic (exact) mass is 368 g/mol. The quantitative estimate of drug-likeness (QED) is 0.481. The molecule has 0 spiro atoms. The van der Waals surface area contributed by atoms with Crippen LogP contribution in [0.15, 0.2) is 60.9 Å². The lowest BCUT2D eigenvalue weighted by Gasteiger charge is -2.11. The predicted molar refractivity (Wildman–Crippen MR) is 98.6 cm³/mol. The summed E-state index contributed by atoms with van der Waals surface area (Å²) in [5.41, 5.74) is 1.54. The molecule has 0 N–H and O–H groups in total. The van der Waals surface area contributed by atoms with Gasteiger partial charge in [-0.1, -0.05) is 36.4 Å². The predicted octanol–water partition coefficient (Wildman–Crippen LogP) is 4.31. The standard InChI is InChI=1S/C21H18F2N2O2/c1-2-27-21(26)17(12-16-8-9-18(22)19(23)13-16)20-24-10-11-25(20)14-15-6-4-3-5-7-15/h3-13H,2,14H2,1H3/b17-12+. The van der Waals surface area contributed by atoms with Gasteiger partial charge in [-0.05, 0) is 36.3 Å². The van der Waals surface area contributed by atoms with Crippen LogP contribution in [0.3, 0.4) is 0 Å². The van der Waals surface area contributed by atoms with E-state index in [1.165, 1.54) is 12.1 Å². The molecule has 0 radical (unpaired) electrons.